The van der Waals surface area contributed by atoms with E-state index in [1.807, 2.05) is 23.7 Å². The lowest BCUT2D eigenvalue weighted by Crippen LogP contribution is -2.28. The van der Waals surface area contributed by atoms with Crippen LogP contribution in [0.15, 0.2) is 30.3 Å². The van der Waals surface area contributed by atoms with Gasteiger partial charge in [-0.05, 0) is 63.7 Å². The van der Waals surface area contributed by atoms with Crippen molar-refractivity contribution in [3.8, 4) is 11.4 Å². The fraction of sp³-hybridized carbons (Fsp3) is 0.500. The molecule has 0 aliphatic carbocycles. The Hall–Kier alpha value is -1.81. The van der Waals surface area contributed by atoms with E-state index in [-0.39, 0.29) is 0 Å². The number of likely N-dealkylation sites (N-methyl/N-ethyl adjacent to an activating group) is 1. The predicted octanol–water partition coefficient (Wildman–Crippen LogP) is 3.60. The van der Waals surface area contributed by atoms with Crippen molar-refractivity contribution in [2.45, 2.75) is 34.1 Å². The fourth-order valence-corrected chi connectivity index (χ4v) is 2.61. The van der Waals surface area contributed by atoms with E-state index in [4.69, 9.17) is 4.74 Å². The summed E-state index contributed by atoms with van der Waals surface area (Å²) in [5.41, 5.74) is 3.25. The molecule has 1 aromatic carbocycles. The summed E-state index contributed by atoms with van der Waals surface area (Å²) in [6, 6.07) is 10.2. The third-order valence-corrected chi connectivity index (χ3v) is 3.75. The predicted molar refractivity (Wildman–Crippen MR) is 90.9 cm³/mol. The molecule has 0 bridgehead atoms. The first-order valence-electron chi connectivity index (χ1n) is 8.13. The van der Waals surface area contributed by atoms with Crippen LogP contribution < -0.4 is 4.74 Å². The van der Waals surface area contributed by atoms with Gasteiger partial charge in [-0.25, -0.2) is 4.68 Å². The molecule has 0 radical (unpaired) electrons. The zero-order valence-corrected chi connectivity index (χ0v) is 14.2. The Morgan fingerprint density at radius 1 is 1.09 bits per heavy atom. The summed E-state index contributed by atoms with van der Waals surface area (Å²) in [6.07, 6.45) is 1.19. The molecule has 0 atom stereocenters. The largest absolute Gasteiger partial charge is 0.492 e. The molecule has 2 rings (SSSR count). The van der Waals surface area contributed by atoms with Crippen molar-refractivity contribution < 1.29 is 4.74 Å². The molecule has 0 N–H and O–H groups in total. The van der Waals surface area contributed by atoms with Crippen LogP contribution >= 0.6 is 0 Å². The van der Waals surface area contributed by atoms with Crippen LogP contribution in [0.25, 0.3) is 5.69 Å². The van der Waals surface area contributed by atoms with Crippen molar-refractivity contribution in [3.05, 3.63) is 41.7 Å². The molecule has 0 aliphatic heterocycles. The van der Waals surface area contributed by atoms with Crippen molar-refractivity contribution in [1.82, 2.24) is 14.7 Å². The Morgan fingerprint density at radius 2 is 1.82 bits per heavy atom. The average Bonchev–Trinajstić information content (AvgIpc) is 2.85. The summed E-state index contributed by atoms with van der Waals surface area (Å²) >= 11 is 0. The van der Waals surface area contributed by atoms with Crippen molar-refractivity contribution >= 4 is 0 Å². The van der Waals surface area contributed by atoms with Gasteiger partial charge >= 0.3 is 0 Å². The minimum absolute atomic E-state index is 0.729. The molecule has 0 amide bonds. The number of aryl methyl sites for hydroxylation is 2. The molecule has 0 saturated heterocycles. The fourth-order valence-electron chi connectivity index (χ4n) is 2.61. The Labute approximate surface area is 133 Å². The summed E-state index contributed by atoms with van der Waals surface area (Å²) in [4.78, 5) is 2.41. The van der Waals surface area contributed by atoms with E-state index in [2.05, 4.69) is 49.0 Å². The van der Waals surface area contributed by atoms with Crippen LogP contribution in [-0.2, 0) is 0 Å². The number of hydrogen-bond donors (Lipinski definition) is 0. The maximum absolute atomic E-state index is 5.84. The molecule has 120 valence electrons. The molecule has 0 saturated carbocycles. The third kappa shape index (κ3) is 4.34. The van der Waals surface area contributed by atoms with Crippen LogP contribution in [0.2, 0.25) is 0 Å². The highest BCUT2D eigenvalue weighted by molar-refractivity contribution is 5.38. The smallest absolute Gasteiger partial charge is 0.119 e. The van der Waals surface area contributed by atoms with Gasteiger partial charge in [-0.2, -0.15) is 5.10 Å². The summed E-state index contributed by atoms with van der Waals surface area (Å²) in [6.45, 7) is 12.4. The monoisotopic (exact) mass is 301 g/mol. The zero-order chi connectivity index (χ0) is 15.9. The van der Waals surface area contributed by atoms with E-state index < -0.39 is 0 Å². The van der Waals surface area contributed by atoms with E-state index in [0.29, 0.717) is 0 Å². The van der Waals surface area contributed by atoms with Gasteiger partial charge in [0.25, 0.3) is 0 Å². The molecule has 0 aliphatic rings. The van der Waals surface area contributed by atoms with Crippen molar-refractivity contribution in [1.29, 1.82) is 0 Å². The molecule has 0 fully saturated rings. The highest BCUT2D eigenvalue weighted by Crippen LogP contribution is 2.17. The summed E-state index contributed by atoms with van der Waals surface area (Å²) < 4.78 is 7.80. The van der Waals surface area contributed by atoms with Crippen molar-refractivity contribution in [3.63, 3.8) is 0 Å². The van der Waals surface area contributed by atoms with Gasteiger partial charge in [-0.15, -0.1) is 0 Å². The Kier molecular flexibility index (Phi) is 6.01. The summed E-state index contributed by atoms with van der Waals surface area (Å²) in [7, 11) is 0. The lowest BCUT2D eigenvalue weighted by atomic mass is 10.3. The highest BCUT2D eigenvalue weighted by Gasteiger charge is 2.04. The second kappa shape index (κ2) is 7.99. The Balaban J connectivity index is 1.91. The van der Waals surface area contributed by atoms with E-state index in [1.165, 1.54) is 6.42 Å². The molecule has 4 nitrogen and oxygen atoms in total. The topological polar surface area (TPSA) is 30.3 Å². The number of hydrogen-bond acceptors (Lipinski definition) is 3. The Morgan fingerprint density at radius 3 is 2.36 bits per heavy atom. The van der Waals surface area contributed by atoms with Gasteiger partial charge in [0, 0.05) is 12.2 Å². The SMILES string of the molecule is CCCN(CC)CCOc1ccc(-n2nc(C)cc2C)cc1. The summed E-state index contributed by atoms with van der Waals surface area (Å²) in [5, 5.41) is 4.50. The molecule has 22 heavy (non-hydrogen) atoms. The average molecular weight is 301 g/mol. The van der Waals surface area contributed by atoms with Crippen LogP contribution in [0, 0.1) is 13.8 Å². The zero-order valence-electron chi connectivity index (χ0n) is 14.2. The van der Waals surface area contributed by atoms with Gasteiger partial charge in [-0.3, -0.25) is 0 Å². The number of aromatic nitrogens is 2. The number of nitrogens with zero attached hydrogens (tertiary/aromatic N) is 3. The normalized spacial score (nSPS) is 11.1. The first kappa shape index (κ1) is 16.6. The summed E-state index contributed by atoms with van der Waals surface area (Å²) in [5.74, 6) is 0.915. The molecule has 0 unspecified atom stereocenters. The number of rotatable bonds is 8. The maximum Gasteiger partial charge on any atom is 0.119 e. The van der Waals surface area contributed by atoms with Gasteiger partial charge in [0.05, 0.1) is 11.4 Å². The minimum Gasteiger partial charge on any atom is -0.492 e. The van der Waals surface area contributed by atoms with Crippen LogP contribution in [0.5, 0.6) is 5.75 Å². The first-order chi connectivity index (χ1) is 10.6. The molecule has 4 heteroatoms. The molecular formula is C18H27N3O. The van der Waals surface area contributed by atoms with E-state index in [0.717, 1.165) is 49.1 Å². The third-order valence-electron chi connectivity index (χ3n) is 3.75. The molecule has 1 heterocycles. The van der Waals surface area contributed by atoms with Crippen LogP contribution in [0.4, 0.5) is 0 Å². The second-order valence-corrected chi connectivity index (χ2v) is 5.62. The number of benzene rings is 1. The molecule has 0 spiro atoms. The molecule has 2 aromatic rings. The number of ether oxygens (including phenoxy) is 1. The van der Waals surface area contributed by atoms with Crippen molar-refractivity contribution in [2.24, 2.45) is 0 Å². The van der Waals surface area contributed by atoms with E-state index >= 15 is 0 Å². The van der Waals surface area contributed by atoms with Crippen LogP contribution in [0.1, 0.15) is 31.7 Å². The Bertz CT molecular complexity index is 575. The minimum atomic E-state index is 0.729. The van der Waals surface area contributed by atoms with E-state index in [1.54, 1.807) is 0 Å². The van der Waals surface area contributed by atoms with E-state index in [9.17, 15) is 0 Å². The molecular weight excluding hydrogens is 274 g/mol. The lowest BCUT2D eigenvalue weighted by Gasteiger charge is -2.19. The highest BCUT2D eigenvalue weighted by atomic mass is 16.5. The lowest BCUT2D eigenvalue weighted by molar-refractivity contribution is 0.216. The second-order valence-electron chi connectivity index (χ2n) is 5.62. The van der Waals surface area contributed by atoms with Crippen molar-refractivity contribution in [2.75, 3.05) is 26.2 Å². The first-order valence-corrected chi connectivity index (χ1v) is 8.13. The van der Waals surface area contributed by atoms with Gasteiger partial charge in [0.15, 0.2) is 0 Å². The van der Waals surface area contributed by atoms with Crippen LogP contribution in [0.3, 0.4) is 0 Å². The quantitative estimate of drug-likeness (QED) is 0.746. The van der Waals surface area contributed by atoms with Gasteiger partial charge in [-0.1, -0.05) is 13.8 Å². The van der Waals surface area contributed by atoms with Crippen LogP contribution in [-0.4, -0.2) is 40.9 Å². The van der Waals surface area contributed by atoms with Gasteiger partial charge < -0.3 is 9.64 Å². The maximum atomic E-state index is 5.84. The molecule has 1 aromatic heterocycles. The van der Waals surface area contributed by atoms with Gasteiger partial charge in [0.1, 0.15) is 12.4 Å². The standard InChI is InChI=1S/C18H27N3O/c1-5-11-20(6-2)12-13-22-18-9-7-17(8-10-18)21-16(4)14-15(3)19-21/h7-10,14H,5-6,11-13H2,1-4H3. The van der Waals surface area contributed by atoms with Gasteiger partial charge in [0.2, 0.25) is 0 Å².